The van der Waals surface area contributed by atoms with E-state index in [-0.39, 0.29) is 24.0 Å². The Morgan fingerprint density at radius 3 is 2.69 bits per heavy atom. The number of nitrogens with zero attached hydrogens (tertiary/aromatic N) is 2. The molecule has 2 aromatic rings. The van der Waals surface area contributed by atoms with Gasteiger partial charge in [0.2, 0.25) is 0 Å². The summed E-state index contributed by atoms with van der Waals surface area (Å²) < 4.78 is 10.9. The van der Waals surface area contributed by atoms with Crippen LogP contribution in [0, 0.1) is 6.92 Å². The molecule has 0 aliphatic heterocycles. The summed E-state index contributed by atoms with van der Waals surface area (Å²) in [7, 11) is 1.64. The van der Waals surface area contributed by atoms with E-state index in [2.05, 4.69) is 26.0 Å². The van der Waals surface area contributed by atoms with E-state index in [9.17, 15) is 0 Å². The minimum absolute atomic E-state index is 0. The monoisotopic (exact) mass is 490 g/mol. The number of thiazole rings is 1. The molecule has 0 unspecified atom stereocenters. The van der Waals surface area contributed by atoms with Crippen LogP contribution in [0.1, 0.15) is 24.5 Å². The van der Waals surface area contributed by atoms with E-state index in [1.165, 1.54) is 0 Å². The molecule has 0 radical (unpaired) electrons. The van der Waals surface area contributed by atoms with Crippen molar-refractivity contribution in [1.82, 2.24) is 10.3 Å². The second kappa shape index (κ2) is 11.9. The summed E-state index contributed by atoms with van der Waals surface area (Å²) in [5.41, 5.74) is 1.98. The first-order valence-electron chi connectivity index (χ1n) is 8.43. The van der Waals surface area contributed by atoms with Crippen LogP contribution in [0.5, 0.6) is 11.5 Å². The third-order valence-corrected chi connectivity index (χ3v) is 4.20. The van der Waals surface area contributed by atoms with Crippen LogP contribution >= 0.6 is 35.3 Å². The number of aliphatic imine (C=N–C) groups is 1. The summed E-state index contributed by atoms with van der Waals surface area (Å²) in [5.74, 6) is 2.17. The van der Waals surface area contributed by atoms with Gasteiger partial charge in [0.05, 0.1) is 24.4 Å². The topological polar surface area (TPSA) is 67.8 Å². The van der Waals surface area contributed by atoms with E-state index >= 15 is 0 Å². The molecule has 0 atom stereocenters. The van der Waals surface area contributed by atoms with Gasteiger partial charge in [0.1, 0.15) is 0 Å². The molecule has 2 N–H and O–H groups in total. The Kier molecular flexibility index (Phi) is 10.3. The number of methoxy groups -OCH3 is 1. The number of benzene rings is 1. The van der Waals surface area contributed by atoms with Crippen molar-refractivity contribution < 1.29 is 9.47 Å². The predicted molar refractivity (Wildman–Crippen MR) is 120 cm³/mol. The zero-order valence-corrected chi connectivity index (χ0v) is 18.8. The molecule has 1 heterocycles. The molecule has 0 amide bonds. The van der Waals surface area contributed by atoms with Crippen molar-refractivity contribution in [2.24, 2.45) is 4.99 Å². The number of nitrogens with one attached hydrogen (secondary N) is 2. The van der Waals surface area contributed by atoms with Crippen LogP contribution in [-0.2, 0) is 6.42 Å². The van der Waals surface area contributed by atoms with E-state index in [1.807, 2.05) is 39.0 Å². The van der Waals surface area contributed by atoms with Gasteiger partial charge < -0.3 is 20.1 Å². The van der Waals surface area contributed by atoms with Crippen molar-refractivity contribution in [1.29, 1.82) is 0 Å². The van der Waals surface area contributed by atoms with Crippen LogP contribution in [0.3, 0.4) is 0 Å². The second-order valence-corrected chi connectivity index (χ2v) is 6.35. The fourth-order valence-corrected chi connectivity index (χ4v) is 2.92. The maximum Gasteiger partial charge on any atom is 0.195 e. The maximum atomic E-state index is 5.62. The highest BCUT2D eigenvalue weighted by Gasteiger charge is 2.07. The molecule has 0 aliphatic rings. The lowest BCUT2D eigenvalue weighted by Gasteiger charge is -2.14. The van der Waals surface area contributed by atoms with Gasteiger partial charge in [-0.15, -0.1) is 35.3 Å². The molecular formula is C18H27IN4O2S. The van der Waals surface area contributed by atoms with Gasteiger partial charge in [-0.1, -0.05) is 0 Å². The molecule has 0 saturated carbocycles. The molecular weight excluding hydrogens is 463 g/mol. The van der Waals surface area contributed by atoms with Gasteiger partial charge in [-0.2, -0.15) is 0 Å². The molecule has 0 aliphatic carbocycles. The molecule has 0 bridgehead atoms. The first kappa shape index (κ1) is 22.5. The van der Waals surface area contributed by atoms with Crippen LogP contribution in [0.2, 0.25) is 0 Å². The Morgan fingerprint density at radius 1 is 1.27 bits per heavy atom. The number of aromatic nitrogens is 1. The van der Waals surface area contributed by atoms with Gasteiger partial charge in [-0.3, -0.25) is 4.99 Å². The Morgan fingerprint density at radius 2 is 2.08 bits per heavy atom. The first-order chi connectivity index (χ1) is 12.2. The van der Waals surface area contributed by atoms with Crippen LogP contribution in [0.4, 0.5) is 5.69 Å². The Bertz CT molecular complexity index is 706. The standard InChI is InChI=1S/C18H26N4O2S.HI/c1-5-19-18(20-10-9-15-12-25-13(3)21-15)22-14-7-8-16(23-4)17(11-14)24-6-2;/h7-8,11-12H,5-6,9-10H2,1-4H3,(H2,19,20,22);1H. The van der Waals surface area contributed by atoms with Gasteiger partial charge in [0.15, 0.2) is 17.5 Å². The van der Waals surface area contributed by atoms with E-state index in [0.29, 0.717) is 24.7 Å². The van der Waals surface area contributed by atoms with Crippen LogP contribution in [0.15, 0.2) is 28.6 Å². The summed E-state index contributed by atoms with van der Waals surface area (Å²) in [4.78, 5) is 9.09. The van der Waals surface area contributed by atoms with Crippen molar-refractivity contribution in [2.45, 2.75) is 27.2 Å². The molecule has 1 aromatic heterocycles. The smallest absolute Gasteiger partial charge is 0.195 e. The van der Waals surface area contributed by atoms with E-state index in [1.54, 1.807) is 18.4 Å². The van der Waals surface area contributed by atoms with Gasteiger partial charge in [0, 0.05) is 36.6 Å². The van der Waals surface area contributed by atoms with Crippen molar-refractivity contribution >= 4 is 47.0 Å². The molecule has 144 valence electrons. The van der Waals surface area contributed by atoms with E-state index in [4.69, 9.17) is 9.47 Å². The Labute approximate surface area is 176 Å². The minimum atomic E-state index is 0. The van der Waals surface area contributed by atoms with Gasteiger partial charge in [0.25, 0.3) is 0 Å². The highest BCUT2D eigenvalue weighted by Crippen LogP contribution is 2.30. The summed E-state index contributed by atoms with van der Waals surface area (Å²) in [5, 5.41) is 9.73. The Balaban J connectivity index is 0.00000338. The lowest BCUT2D eigenvalue weighted by atomic mass is 10.2. The SMILES string of the molecule is CCNC(=NCCc1csc(C)n1)Nc1ccc(OC)c(OCC)c1.I. The Hall–Kier alpha value is -1.55. The largest absolute Gasteiger partial charge is 0.493 e. The minimum Gasteiger partial charge on any atom is -0.493 e. The zero-order chi connectivity index (χ0) is 18.1. The highest BCUT2D eigenvalue weighted by atomic mass is 127. The van der Waals surface area contributed by atoms with Crippen molar-refractivity contribution in [3.8, 4) is 11.5 Å². The summed E-state index contributed by atoms with van der Waals surface area (Å²) in [6, 6.07) is 5.74. The van der Waals surface area contributed by atoms with E-state index in [0.717, 1.165) is 35.3 Å². The molecule has 0 spiro atoms. The average Bonchev–Trinajstić information content (AvgIpc) is 3.01. The van der Waals surface area contributed by atoms with Gasteiger partial charge in [-0.05, 0) is 32.9 Å². The van der Waals surface area contributed by atoms with Crippen LogP contribution in [-0.4, -0.2) is 37.7 Å². The number of hydrogen-bond donors (Lipinski definition) is 2. The van der Waals surface area contributed by atoms with Crippen LogP contribution < -0.4 is 20.1 Å². The number of rotatable bonds is 8. The third-order valence-electron chi connectivity index (χ3n) is 3.37. The van der Waals surface area contributed by atoms with Crippen LogP contribution in [0.25, 0.3) is 0 Å². The maximum absolute atomic E-state index is 5.62. The summed E-state index contributed by atoms with van der Waals surface area (Å²) >= 11 is 1.67. The first-order valence-corrected chi connectivity index (χ1v) is 9.31. The second-order valence-electron chi connectivity index (χ2n) is 5.29. The fraction of sp³-hybridized carbons (Fsp3) is 0.444. The number of guanidine groups is 1. The number of aryl methyl sites for hydroxylation is 1. The van der Waals surface area contributed by atoms with Crippen molar-refractivity contribution in [3.63, 3.8) is 0 Å². The third kappa shape index (κ3) is 6.99. The van der Waals surface area contributed by atoms with Gasteiger partial charge in [-0.25, -0.2) is 4.98 Å². The quantitative estimate of drug-likeness (QED) is 0.332. The normalized spacial score (nSPS) is 10.8. The number of halogens is 1. The molecule has 0 saturated heterocycles. The van der Waals surface area contributed by atoms with Crippen molar-refractivity contribution in [2.75, 3.05) is 32.1 Å². The van der Waals surface area contributed by atoms with Crippen molar-refractivity contribution in [3.05, 3.63) is 34.3 Å². The summed E-state index contributed by atoms with van der Waals surface area (Å²) in [6.45, 7) is 8.05. The summed E-state index contributed by atoms with van der Waals surface area (Å²) in [6.07, 6.45) is 0.827. The zero-order valence-electron chi connectivity index (χ0n) is 15.7. The average molecular weight is 490 g/mol. The molecule has 0 fully saturated rings. The lowest BCUT2D eigenvalue weighted by molar-refractivity contribution is 0.311. The molecule has 6 nitrogen and oxygen atoms in total. The molecule has 26 heavy (non-hydrogen) atoms. The van der Waals surface area contributed by atoms with E-state index < -0.39 is 0 Å². The molecule has 1 aromatic carbocycles. The lowest BCUT2D eigenvalue weighted by Crippen LogP contribution is -2.30. The predicted octanol–water partition coefficient (Wildman–Crippen LogP) is 4.10. The highest BCUT2D eigenvalue weighted by molar-refractivity contribution is 14.0. The number of anilines is 1. The number of ether oxygens (including phenoxy) is 2. The number of hydrogen-bond acceptors (Lipinski definition) is 5. The molecule has 8 heteroatoms. The molecule has 2 rings (SSSR count). The van der Waals surface area contributed by atoms with Gasteiger partial charge >= 0.3 is 0 Å². The fourth-order valence-electron chi connectivity index (χ4n) is 2.27.